The summed E-state index contributed by atoms with van der Waals surface area (Å²) in [5, 5.41) is 2.91. The molecule has 96 valence electrons. The van der Waals surface area contributed by atoms with E-state index in [0.29, 0.717) is 12.4 Å². The molecule has 2 aromatic rings. The summed E-state index contributed by atoms with van der Waals surface area (Å²) in [6, 6.07) is 7.84. The molecule has 0 radical (unpaired) electrons. The van der Waals surface area contributed by atoms with Gasteiger partial charge in [0.1, 0.15) is 5.82 Å². The van der Waals surface area contributed by atoms with Gasteiger partial charge in [-0.3, -0.25) is 0 Å². The number of aromatic nitrogens is 2. The van der Waals surface area contributed by atoms with Crippen LogP contribution in [0.3, 0.4) is 0 Å². The second-order valence-electron chi connectivity index (χ2n) is 4.07. The lowest BCUT2D eigenvalue weighted by atomic mass is 10.1. The van der Waals surface area contributed by atoms with Crippen LogP contribution < -0.4 is 5.32 Å². The largest absolute Gasteiger partial charge is 0.327 e. The third-order valence-corrected chi connectivity index (χ3v) is 2.70. The molecule has 1 N–H and O–H groups in total. The highest BCUT2D eigenvalue weighted by atomic mass is 19.3. The van der Waals surface area contributed by atoms with E-state index in [1.54, 1.807) is 31.4 Å². The molecule has 0 amide bonds. The maximum absolute atomic E-state index is 14.1. The number of halogens is 2. The van der Waals surface area contributed by atoms with Crippen LogP contribution in [-0.4, -0.2) is 16.6 Å². The Bertz CT molecular complexity index is 494. The molecule has 1 aromatic carbocycles. The average molecular weight is 251 g/mol. The van der Waals surface area contributed by atoms with Crippen molar-refractivity contribution in [3.05, 3.63) is 54.1 Å². The number of benzene rings is 1. The van der Waals surface area contributed by atoms with Gasteiger partial charge < -0.3 is 9.88 Å². The minimum atomic E-state index is -2.90. The van der Waals surface area contributed by atoms with Gasteiger partial charge in [0.2, 0.25) is 0 Å². The van der Waals surface area contributed by atoms with Gasteiger partial charge in [-0.15, -0.1) is 0 Å². The van der Waals surface area contributed by atoms with Crippen LogP contribution in [0.4, 0.5) is 8.78 Å². The van der Waals surface area contributed by atoms with Crippen molar-refractivity contribution < 1.29 is 8.78 Å². The SMILES string of the molecule is CNCc1nccn1CC(F)(F)c1ccccc1. The van der Waals surface area contributed by atoms with Gasteiger partial charge in [-0.2, -0.15) is 8.78 Å². The van der Waals surface area contributed by atoms with Crippen LogP contribution in [0.5, 0.6) is 0 Å². The molecule has 0 saturated carbocycles. The molecule has 1 aromatic heterocycles. The van der Waals surface area contributed by atoms with E-state index in [0.717, 1.165) is 0 Å². The maximum atomic E-state index is 14.1. The molecule has 0 spiro atoms. The number of hydrogen-bond acceptors (Lipinski definition) is 2. The minimum absolute atomic E-state index is 0.0223. The van der Waals surface area contributed by atoms with Gasteiger partial charge in [0.15, 0.2) is 0 Å². The Balaban J connectivity index is 2.19. The summed E-state index contributed by atoms with van der Waals surface area (Å²) < 4.78 is 29.6. The molecule has 0 aliphatic heterocycles. The standard InChI is InChI=1S/C13H15F2N3/c1-16-9-12-17-7-8-18(12)10-13(14,15)11-5-3-2-4-6-11/h2-8,16H,9-10H2,1H3. The average Bonchev–Trinajstić information content (AvgIpc) is 2.78. The molecule has 0 aliphatic carbocycles. The zero-order valence-corrected chi connectivity index (χ0v) is 10.1. The molecule has 0 saturated heterocycles. The summed E-state index contributed by atoms with van der Waals surface area (Å²) in [6.07, 6.45) is 3.11. The van der Waals surface area contributed by atoms with E-state index in [1.807, 2.05) is 0 Å². The second kappa shape index (κ2) is 5.27. The number of alkyl halides is 2. The highest BCUT2D eigenvalue weighted by molar-refractivity contribution is 5.20. The Labute approximate surface area is 104 Å². The van der Waals surface area contributed by atoms with Gasteiger partial charge in [-0.1, -0.05) is 30.3 Å². The topological polar surface area (TPSA) is 29.9 Å². The van der Waals surface area contributed by atoms with Crippen molar-refractivity contribution in [2.24, 2.45) is 0 Å². The van der Waals surface area contributed by atoms with Crippen LogP contribution in [0.15, 0.2) is 42.7 Å². The minimum Gasteiger partial charge on any atom is -0.327 e. The van der Waals surface area contributed by atoms with E-state index < -0.39 is 12.5 Å². The summed E-state index contributed by atoms with van der Waals surface area (Å²) in [7, 11) is 1.76. The Morgan fingerprint density at radius 2 is 2.00 bits per heavy atom. The fraction of sp³-hybridized carbons (Fsp3) is 0.308. The first-order valence-corrected chi connectivity index (χ1v) is 5.71. The Hall–Kier alpha value is -1.75. The van der Waals surface area contributed by atoms with Crippen molar-refractivity contribution in [3.63, 3.8) is 0 Å². The molecule has 0 fully saturated rings. The summed E-state index contributed by atoms with van der Waals surface area (Å²) in [5.74, 6) is -2.29. The summed E-state index contributed by atoms with van der Waals surface area (Å²) in [4.78, 5) is 4.05. The van der Waals surface area contributed by atoms with Crippen molar-refractivity contribution in [1.82, 2.24) is 14.9 Å². The molecule has 18 heavy (non-hydrogen) atoms. The fourth-order valence-electron chi connectivity index (χ4n) is 1.80. The first kappa shape index (κ1) is 12.7. The van der Waals surface area contributed by atoms with Crippen molar-refractivity contribution in [2.75, 3.05) is 7.05 Å². The first-order valence-electron chi connectivity index (χ1n) is 5.71. The number of hydrogen-bond donors (Lipinski definition) is 1. The molecule has 1 heterocycles. The number of rotatable bonds is 5. The third-order valence-electron chi connectivity index (χ3n) is 2.70. The van der Waals surface area contributed by atoms with Crippen LogP contribution in [0.1, 0.15) is 11.4 Å². The van der Waals surface area contributed by atoms with Crippen LogP contribution >= 0.6 is 0 Å². The normalized spacial score (nSPS) is 11.7. The molecule has 0 bridgehead atoms. The first-order chi connectivity index (χ1) is 8.63. The van der Waals surface area contributed by atoms with Gasteiger partial charge in [-0.05, 0) is 7.05 Å². The van der Waals surface area contributed by atoms with Crippen LogP contribution in [0.2, 0.25) is 0 Å². The summed E-state index contributed by atoms with van der Waals surface area (Å²) in [5.41, 5.74) is 0.0223. The predicted octanol–water partition coefficient (Wildman–Crippen LogP) is 2.39. The number of imidazole rings is 1. The molecular weight excluding hydrogens is 236 g/mol. The van der Waals surface area contributed by atoms with Gasteiger partial charge in [0.25, 0.3) is 5.92 Å². The van der Waals surface area contributed by atoms with E-state index in [-0.39, 0.29) is 5.56 Å². The Morgan fingerprint density at radius 1 is 1.28 bits per heavy atom. The number of nitrogens with one attached hydrogen (secondary N) is 1. The molecular formula is C13H15F2N3. The smallest absolute Gasteiger partial charge is 0.290 e. The lowest BCUT2D eigenvalue weighted by Crippen LogP contribution is -2.23. The summed E-state index contributed by atoms with van der Waals surface area (Å²) in [6.45, 7) is 0.0753. The van der Waals surface area contributed by atoms with E-state index in [9.17, 15) is 8.78 Å². The van der Waals surface area contributed by atoms with Gasteiger partial charge >= 0.3 is 0 Å². The van der Waals surface area contributed by atoms with Crippen LogP contribution in [0.25, 0.3) is 0 Å². The highest BCUT2D eigenvalue weighted by Gasteiger charge is 2.32. The van der Waals surface area contributed by atoms with Gasteiger partial charge in [0, 0.05) is 18.0 Å². The van der Waals surface area contributed by atoms with Crippen molar-refractivity contribution in [3.8, 4) is 0 Å². The van der Waals surface area contributed by atoms with Crippen molar-refractivity contribution in [1.29, 1.82) is 0 Å². The van der Waals surface area contributed by atoms with E-state index in [4.69, 9.17) is 0 Å². The number of nitrogens with zero attached hydrogens (tertiary/aromatic N) is 2. The van der Waals surface area contributed by atoms with Crippen molar-refractivity contribution >= 4 is 0 Å². The van der Waals surface area contributed by atoms with Crippen LogP contribution in [0, 0.1) is 0 Å². The monoisotopic (exact) mass is 251 g/mol. The fourth-order valence-corrected chi connectivity index (χ4v) is 1.80. The van der Waals surface area contributed by atoms with E-state index in [1.165, 1.54) is 22.9 Å². The Morgan fingerprint density at radius 3 is 2.67 bits per heavy atom. The lowest BCUT2D eigenvalue weighted by molar-refractivity contribution is -0.0230. The molecule has 0 atom stereocenters. The maximum Gasteiger partial charge on any atom is 0.290 e. The molecule has 0 aliphatic rings. The van der Waals surface area contributed by atoms with Crippen molar-refractivity contribution in [2.45, 2.75) is 19.0 Å². The molecule has 3 nitrogen and oxygen atoms in total. The van der Waals surface area contributed by atoms with Gasteiger partial charge in [0.05, 0.1) is 13.1 Å². The predicted molar refractivity (Wildman–Crippen MR) is 65.3 cm³/mol. The van der Waals surface area contributed by atoms with E-state index in [2.05, 4.69) is 10.3 Å². The zero-order chi connectivity index (χ0) is 13.0. The lowest BCUT2D eigenvalue weighted by Gasteiger charge is -2.18. The highest BCUT2D eigenvalue weighted by Crippen LogP contribution is 2.29. The zero-order valence-electron chi connectivity index (χ0n) is 10.1. The molecule has 2 rings (SSSR count). The Kier molecular flexibility index (Phi) is 3.72. The summed E-state index contributed by atoms with van der Waals surface area (Å²) >= 11 is 0. The second-order valence-corrected chi connectivity index (χ2v) is 4.07. The molecule has 0 unspecified atom stereocenters. The van der Waals surface area contributed by atoms with E-state index >= 15 is 0 Å². The third kappa shape index (κ3) is 2.73. The van der Waals surface area contributed by atoms with Gasteiger partial charge in [-0.25, -0.2) is 4.98 Å². The van der Waals surface area contributed by atoms with Crippen LogP contribution in [-0.2, 0) is 19.0 Å². The molecule has 5 heteroatoms. The quantitative estimate of drug-likeness (QED) is 0.884.